The average molecular weight is 357 g/mol. The van der Waals surface area contributed by atoms with E-state index in [0.717, 1.165) is 0 Å². The van der Waals surface area contributed by atoms with Gasteiger partial charge in [-0.1, -0.05) is 0 Å². The minimum absolute atomic E-state index is 0.698. The molecule has 9 atom stereocenters. The molecule has 0 aromatic carbocycles. The highest BCUT2D eigenvalue weighted by molar-refractivity contribution is 5.01. The highest BCUT2D eigenvalue weighted by atomic mass is 16.8. The van der Waals surface area contributed by atoms with Crippen LogP contribution in [0.15, 0.2) is 0 Å². The van der Waals surface area contributed by atoms with Gasteiger partial charge >= 0.3 is 0 Å². The van der Waals surface area contributed by atoms with Crippen LogP contribution in [0.5, 0.6) is 0 Å². The second kappa shape index (κ2) is 7.03. The fourth-order valence-electron chi connectivity index (χ4n) is 2.71. The van der Waals surface area contributed by atoms with Crippen molar-refractivity contribution in [3.63, 3.8) is 0 Å². The first kappa shape index (κ1) is 19.8. The molecule has 1 unspecified atom stereocenters. The quantitative estimate of drug-likeness (QED) is 0.210. The maximum Gasteiger partial charge on any atom is 0.224 e. The van der Waals surface area contributed by atoms with Crippen molar-refractivity contribution in [3.05, 3.63) is 0 Å². The third kappa shape index (κ3) is 3.05. The van der Waals surface area contributed by atoms with Crippen molar-refractivity contribution in [3.8, 4) is 0 Å². The summed E-state index contributed by atoms with van der Waals surface area (Å²) in [5, 5.41) is 77.4. The molecule has 2 rings (SSSR count). The largest absolute Gasteiger partial charge is 0.394 e. The molecule has 142 valence electrons. The van der Waals surface area contributed by atoms with Crippen molar-refractivity contribution >= 4 is 0 Å². The monoisotopic (exact) mass is 357 g/mol. The molecule has 12 heteroatoms. The minimum Gasteiger partial charge on any atom is -0.394 e. The van der Waals surface area contributed by atoms with Gasteiger partial charge in [0.05, 0.1) is 13.2 Å². The Labute approximate surface area is 136 Å². The van der Waals surface area contributed by atoms with Crippen molar-refractivity contribution in [2.75, 3.05) is 19.8 Å². The third-order valence-electron chi connectivity index (χ3n) is 4.27. The first-order valence-electron chi connectivity index (χ1n) is 7.21. The zero-order valence-corrected chi connectivity index (χ0v) is 12.5. The summed E-state index contributed by atoms with van der Waals surface area (Å²) in [7, 11) is 0. The molecule has 2 heterocycles. The zero-order valence-electron chi connectivity index (χ0n) is 12.5. The molecule has 2 aliphatic heterocycles. The Hall–Kier alpha value is -0.480. The standard InChI is InChI=1S/C12H23NO11/c13-12(21)7(18)5(2-15)22-10(9(12)20)24-11(3-16)8(19)6(17)4(1-14)23-11/h4-10,14-21H,1-3,13H2/t4-,5-,6-,7-,8+,9+,10-,11?,12+/m1/s1. The van der Waals surface area contributed by atoms with Crippen LogP contribution in [-0.4, -0.2) is 115 Å². The van der Waals surface area contributed by atoms with Crippen molar-refractivity contribution in [2.24, 2.45) is 5.73 Å². The number of ether oxygens (including phenoxy) is 3. The molecule has 0 aromatic rings. The fraction of sp³-hybridized carbons (Fsp3) is 1.00. The van der Waals surface area contributed by atoms with E-state index in [2.05, 4.69) is 0 Å². The first-order valence-corrected chi connectivity index (χ1v) is 7.21. The summed E-state index contributed by atoms with van der Waals surface area (Å²) >= 11 is 0. The first-order chi connectivity index (χ1) is 11.1. The minimum atomic E-state index is -2.63. The van der Waals surface area contributed by atoms with Crippen LogP contribution in [0.1, 0.15) is 0 Å². The van der Waals surface area contributed by atoms with Crippen LogP contribution in [0, 0.1) is 0 Å². The third-order valence-corrected chi connectivity index (χ3v) is 4.27. The summed E-state index contributed by atoms with van der Waals surface area (Å²) in [5.41, 5.74) is 2.79. The van der Waals surface area contributed by atoms with Gasteiger partial charge in [-0.3, -0.25) is 5.73 Å². The number of nitrogens with two attached hydrogens (primary N) is 1. The molecule has 0 spiro atoms. The Bertz CT molecular complexity index is 437. The predicted molar refractivity (Wildman–Crippen MR) is 71.8 cm³/mol. The molecule has 0 radical (unpaired) electrons. The van der Waals surface area contributed by atoms with Gasteiger partial charge in [-0.2, -0.15) is 0 Å². The number of hydrogen-bond acceptors (Lipinski definition) is 12. The molecule has 12 nitrogen and oxygen atoms in total. The SMILES string of the molecule is N[C@]1(O)[C@H](O)[C@@H](CO)O[C@H](OC2(CO)O[C@H](CO)[C@@H](O)[C@@H]2O)[C@@H]1O. The number of aliphatic hydroxyl groups is 8. The van der Waals surface area contributed by atoms with Crippen LogP contribution in [0.2, 0.25) is 0 Å². The fourth-order valence-corrected chi connectivity index (χ4v) is 2.71. The Morgan fingerprint density at radius 2 is 1.50 bits per heavy atom. The van der Waals surface area contributed by atoms with Crippen molar-refractivity contribution < 1.29 is 55.1 Å². The van der Waals surface area contributed by atoms with Gasteiger partial charge in [0.15, 0.2) is 12.0 Å². The maximum atomic E-state index is 10.0. The Kier molecular flexibility index (Phi) is 5.81. The highest BCUT2D eigenvalue weighted by Crippen LogP contribution is 2.36. The normalized spacial score (nSPS) is 52.6. The topological polar surface area (TPSA) is 216 Å². The molecule has 10 N–H and O–H groups in total. The second-order valence-corrected chi connectivity index (χ2v) is 5.86. The van der Waals surface area contributed by atoms with E-state index < -0.39 is 74.2 Å². The van der Waals surface area contributed by atoms with E-state index in [1.165, 1.54) is 0 Å². The van der Waals surface area contributed by atoms with Gasteiger partial charge in [-0.25, -0.2) is 0 Å². The van der Waals surface area contributed by atoms with Gasteiger partial charge in [0.1, 0.15) is 43.2 Å². The van der Waals surface area contributed by atoms with E-state index in [1.54, 1.807) is 0 Å². The Balaban J connectivity index is 2.24. The van der Waals surface area contributed by atoms with E-state index in [-0.39, 0.29) is 0 Å². The Morgan fingerprint density at radius 1 is 0.917 bits per heavy atom. The van der Waals surface area contributed by atoms with Gasteiger partial charge < -0.3 is 55.1 Å². The molecule has 2 fully saturated rings. The van der Waals surface area contributed by atoms with Gasteiger partial charge in [0.2, 0.25) is 5.79 Å². The second-order valence-electron chi connectivity index (χ2n) is 5.86. The lowest BCUT2D eigenvalue weighted by molar-refractivity contribution is -0.396. The maximum absolute atomic E-state index is 10.0. The lowest BCUT2D eigenvalue weighted by Crippen LogP contribution is -2.73. The van der Waals surface area contributed by atoms with Crippen molar-refractivity contribution in [1.82, 2.24) is 0 Å². The van der Waals surface area contributed by atoms with Gasteiger partial charge in [-0.15, -0.1) is 0 Å². The Morgan fingerprint density at radius 3 is 1.96 bits per heavy atom. The summed E-state index contributed by atoms with van der Waals surface area (Å²) < 4.78 is 15.4. The molecule has 0 bridgehead atoms. The molecular weight excluding hydrogens is 334 g/mol. The van der Waals surface area contributed by atoms with Crippen molar-refractivity contribution in [1.29, 1.82) is 0 Å². The van der Waals surface area contributed by atoms with Crippen molar-refractivity contribution in [2.45, 2.75) is 54.4 Å². The van der Waals surface area contributed by atoms with E-state index >= 15 is 0 Å². The number of rotatable bonds is 5. The smallest absolute Gasteiger partial charge is 0.224 e. The van der Waals surface area contributed by atoms with Crippen LogP contribution in [0.4, 0.5) is 0 Å². The molecule has 0 saturated carbocycles. The molecule has 0 aromatic heterocycles. The molecule has 2 aliphatic rings. The predicted octanol–water partition coefficient (Wildman–Crippen LogP) is -6.11. The zero-order chi connectivity index (χ0) is 18.3. The van der Waals surface area contributed by atoms with E-state index in [4.69, 9.17) is 30.2 Å². The summed E-state index contributed by atoms with van der Waals surface area (Å²) in [4.78, 5) is 0. The highest BCUT2D eigenvalue weighted by Gasteiger charge is 2.60. The lowest BCUT2D eigenvalue weighted by Gasteiger charge is -2.47. The average Bonchev–Trinajstić information content (AvgIpc) is 2.81. The summed E-state index contributed by atoms with van der Waals surface area (Å²) in [6.45, 7) is -2.50. The number of hydrogen-bond donors (Lipinski definition) is 9. The van der Waals surface area contributed by atoms with Gasteiger partial charge in [0, 0.05) is 0 Å². The molecular formula is C12H23NO11. The molecule has 0 amide bonds. The summed E-state index contributed by atoms with van der Waals surface area (Å²) in [5.74, 6) is -2.29. The molecule has 24 heavy (non-hydrogen) atoms. The summed E-state index contributed by atoms with van der Waals surface area (Å²) in [6.07, 6.45) is -11.9. The van der Waals surface area contributed by atoms with Crippen LogP contribution < -0.4 is 5.73 Å². The summed E-state index contributed by atoms with van der Waals surface area (Å²) in [6, 6.07) is 0. The van der Waals surface area contributed by atoms with Crippen LogP contribution in [-0.2, 0) is 14.2 Å². The van der Waals surface area contributed by atoms with Crippen LogP contribution in [0.3, 0.4) is 0 Å². The molecule has 2 saturated heterocycles. The van der Waals surface area contributed by atoms with E-state index in [1.807, 2.05) is 0 Å². The van der Waals surface area contributed by atoms with Crippen LogP contribution >= 0.6 is 0 Å². The lowest BCUT2D eigenvalue weighted by atomic mass is 9.92. The van der Waals surface area contributed by atoms with Gasteiger partial charge in [0.25, 0.3) is 0 Å². The van der Waals surface area contributed by atoms with Gasteiger partial charge in [-0.05, 0) is 0 Å². The number of aliphatic hydroxyl groups excluding tert-OH is 7. The molecule has 0 aliphatic carbocycles. The van der Waals surface area contributed by atoms with E-state index in [0.29, 0.717) is 0 Å². The van der Waals surface area contributed by atoms with E-state index in [9.17, 15) is 30.6 Å². The van der Waals surface area contributed by atoms with Crippen LogP contribution in [0.25, 0.3) is 0 Å².